The second-order valence-electron chi connectivity index (χ2n) is 3.60. The van der Waals surface area contributed by atoms with Crippen molar-refractivity contribution in [3.05, 3.63) is 23.8 Å². The number of nitrogens with one attached hydrogen (secondary N) is 1. The highest BCUT2D eigenvalue weighted by Gasteiger charge is 2.04. The summed E-state index contributed by atoms with van der Waals surface area (Å²) < 4.78 is 0. The van der Waals surface area contributed by atoms with Crippen LogP contribution in [0.5, 0.6) is 0 Å². The van der Waals surface area contributed by atoms with Gasteiger partial charge in [0, 0.05) is 5.69 Å². The van der Waals surface area contributed by atoms with Gasteiger partial charge in [0.05, 0.1) is 11.7 Å². The van der Waals surface area contributed by atoms with Gasteiger partial charge >= 0.3 is 0 Å². The van der Waals surface area contributed by atoms with Crippen molar-refractivity contribution >= 4 is 11.0 Å². The van der Waals surface area contributed by atoms with Crippen molar-refractivity contribution in [1.82, 2.24) is 15.0 Å². The van der Waals surface area contributed by atoms with E-state index in [0.717, 1.165) is 22.6 Å². The molecule has 0 radical (unpaired) electrons. The number of pyridine rings is 1. The zero-order valence-corrected chi connectivity index (χ0v) is 8.13. The van der Waals surface area contributed by atoms with Crippen LogP contribution in [0, 0.1) is 6.92 Å². The van der Waals surface area contributed by atoms with Crippen LogP contribution in [0.3, 0.4) is 0 Å². The van der Waals surface area contributed by atoms with Gasteiger partial charge in [-0.1, -0.05) is 13.8 Å². The maximum Gasteiger partial charge on any atom is 0.107 e. The molecule has 2 aromatic rings. The SMILES string of the molecule is Cc1nc2cnc(C(C)C)cc2[nH]1. The Bertz CT molecular complexity index is 429. The molecule has 2 heterocycles. The van der Waals surface area contributed by atoms with Gasteiger partial charge in [-0.25, -0.2) is 4.98 Å². The molecule has 68 valence electrons. The minimum absolute atomic E-state index is 0.466. The third-order valence-corrected chi connectivity index (χ3v) is 2.10. The number of nitrogens with zero attached hydrogens (tertiary/aromatic N) is 2. The molecular formula is C10H13N3. The van der Waals surface area contributed by atoms with Crippen molar-refractivity contribution in [2.45, 2.75) is 26.7 Å². The Morgan fingerprint density at radius 3 is 2.85 bits per heavy atom. The van der Waals surface area contributed by atoms with Crippen molar-refractivity contribution in [3.63, 3.8) is 0 Å². The van der Waals surface area contributed by atoms with E-state index < -0.39 is 0 Å². The summed E-state index contributed by atoms with van der Waals surface area (Å²) in [5, 5.41) is 0. The van der Waals surface area contributed by atoms with E-state index in [-0.39, 0.29) is 0 Å². The first-order valence-electron chi connectivity index (χ1n) is 4.49. The van der Waals surface area contributed by atoms with E-state index in [9.17, 15) is 0 Å². The summed E-state index contributed by atoms with van der Waals surface area (Å²) in [5.41, 5.74) is 3.13. The minimum atomic E-state index is 0.466. The molecular weight excluding hydrogens is 162 g/mol. The first-order valence-corrected chi connectivity index (χ1v) is 4.49. The number of aromatic nitrogens is 3. The molecule has 2 rings (SSSR count). The van der Waals surface area contributed by atoms with E-state index in [1.54, 1.807) is 0 Å². The van der Waals surface area contributed by atoms with E-state index in [4.69, 9.17) is 0 Å². The Balaban J connectivity index is 2.61. The molecule has 3 nitrogen and oxygen atoms in total. The number of hydrogen-bond acceptors (Lipinski definition) is 2. The number of rotatable bonds is 1. The maximum absolute atomic E-state index is 4.34. The molecule has 0 fully saturated rings. The van der Waals surface area contributed by atoms with Crippen LogP contribution >= 0.6 is 0 Å². The Kier molecular flexibility index (Phi) is 1.79. The van der Waals surface area contributed by atoms with Crippen molar-refractivity contribution in [2.24, 2.45) is 0 Å². The first kappa shape index (κ1) is 8.23. The van der Waals surface area contributed by atoms with E-state index in [2.05, 4.69) is 34.9 Å². The van der Waals surface area contributed by atoms with Crippen molar-refractivity contribution in [3.8, 4) is 0 Å². The van der Waals surface area contributed by atoms with Gasteiger partial charge in [-0.2, -0.15) is 0 Å². The summed E-state index contributed by atoms with van der Waals surface area (Å²) in [7, 11) is 0. The summed E-state index contributed by atoms with van der Waals surface area (Å²) in [6.45, 7) is 6.23. The van der Waals surface area contributed by atoms with Crippen LogP contribution in [0.4, 0.5) is 0 Å². The van der Waals surface area contributed by atoms with Crippen molar-refractivity contribution < 1.29 is 0 Å². The lowest BCUT2D eigenvalue weighted by atomic mass is 10.1. The summed E-state index contributed by atoms with van der Waals surface area (Å²) in [6, 6.07) is 2.07. The zero-order chi connectivity index (χ0) is 9.42. The van der Waals surface area contributed by atoms with Gasteiger partial charge < -0.3 is 4.98 Å². The monoisotopic (exact) mass is 175 g/mol. The largest absolute Gasteiger partial charge is 0.342 e. The second kappa shape index (κ2) is 2.83. The highest BCUT2D eigenvalue weighted by molar-refractivity contribution is 5.74. The number of fused-ring (bicyclic) bond motifs is 1. The molecule has 1 N–H and O–H groups in total. The molecule has 0 spiro atoms. The standard InChI is InChI=1S/C10H13N3/c1-6(2)8-4-9-10(5-11-8)13-7(3)12-9/h4-6H,1-3H3,(H,12,13). The van der Waals surface area contributed by atoms with E-state index >= 15 is 0 Å². The summed E-state index contributed by atoms with van der Waals surface area (Å²) in [5.74, 6) is 1.41. The van der Waals surface area contributed by atoms with Crippen LogP contribution in [0.2, 0.25) is 0 Å². The van der Waals surface area contributed by atoms with Crippen molar-refractivity contribution in [2.75, 3.05) is 0 Å². The molecule has 0 saturated heterocycles. The Labute approximate surface area is 77.2 Å². The smallest absolute Gasteiger partial charge is 0.107 e. The fourth-order valence-electron chi connectivity index (χ4n) is 1.37. The average molecular weight is 175 g/mol. The fraction of sp³-hybridized carbons (Fsp3) is 0.400. The van der Waals surface area contributed by atoms with Crippen LogP contribution in [-0.4, -0.2) is 15.0 Å². The molecule has 0 unspecified atom stereocenters. The Hall–Kier alpha value is -1.38. The molecule has 2 aromatic heterocycles. The molecule has 0 atom stereocenters. The number of aromatic amines is 1. The van der Waals surface area contributed by atoms with Gasteiger partial charge in [0.2, 0.25) is 0 Å². The summed E-state index contributed by atoms with van der Waals surface area (Å²) in [6.07, 6.45) is 1.83. The Morgan fingerprint density at radius 1 is 1.38 bits per heavy atom. The van der Waals surface area contributed by atoms with Gasteiger partial charge in [-0.3, -0.25) is 4.98 Å². The summed E-state index contributed by atoms with van der Waals surface area (Å²) >= 11 is 0. The molecule has 0 bridgehead atoms. The third-order valence-electron chi connectivity index (χ3n) is 2.10. The molecule has 0 aliphatic rings. The number of aryl methyl sites for hydroxylation is 1. The van der Waals surface area contributed by atoms with Gasteiger partial charge in [-0.15, -0.1) is 0 Å². The average Bonchev–Trinajstić information content (AvgIpc) is 2.42. The van der Waals surface area contributed by atoms with Crippen LogP contribution in [0.1, 0.15) is 31.3 Å². The minimum Gasteiger partial charge on any atom is -0.342 e. The molecule has 13 heavy (non-hydrogen) atoms. The number of H-pyrrole nitrogens is 1. The van der Waals surface area contributed by atoms with Crippen LogP contribution in [0.25, 0.3) is 11.0 Å². The molecule has 0 saturated carbocycles. The molecule has 0 aliphatic heterocycles. The van der Waals surface area contributed by atoms with Gasteiger partial charge in [-0.05, 0) is 18.9 Å². The fourth-order valence-corrected chi connectivity index (χ4v) is 1.37. The molecule has 0 aromatic carbocycles. The van der Waals surface area contributed by atoms with Crippen molar-refractivity contribution in [1.29, 1.82) is 0 Å². The predicted octanol–water partition coefficient (Wildman–Crippen LogP) is 2.39. The highest BCUT2D eigenvalue weighted by Crippen LogP contribution is 2.16. The number of hydrogen-bond donors (Lipinski definition) is 1. The quantitative estimate of drug-likeness (QED) is 0.723. The lowest BCUT2D eigenvalue weighted by Gasteiger charge is -2.01. The second-order valence-corrected chi connectivity index (χ2v) is 3.60. The zero-order valence-electron chi connectivity index (χ0n) is 8.13. The van der Waals surface area contributed by atoms with E-state index in [0.29, 0.717) is 5.92 Å². The predicted molar refractivity (Wildman–Crippen MR) is 52.7 cm³/mol. The summed E-state index contributed by atoms with van der Waals surface area (Å²) in [4.78, 5) is 11.8. The lowest BCUT2D eigenvalue weighted by molar-refractivity contribution is 0.825. The van der Waals surface area contributed by atoms with Gasteiger partial charge in [0.25, 0.3) is 0 Å². The highest BCUT2D eigenvalue weighted by atomic mass is 14.9. The first-order chi connectivity index (χ1) is 6.16. The van der Waals surface area contributed by atoms with Gasteiger partial charge in [0.1, 0.15) is 11.3 Å². The van der Waals surface area contributed by atoms with E-state index in [1.165, 1.54) is 0 Å². The van der Waals surface area contributed by atoms with Crippen LogP contribution < -0.4 is 0 Å². The van der Waals surface area contributed by atoms with E-state index in [1.807, 2.05) is 13.1 Å². The topological polar surface area (TPSA) is 41.6 Å². The molecule has 0 amide bonds. The van der Waals surface area contributed by atoms with Crippen LogP contribution in [0.15, 0.2) is 12.3 Å². The third kappa shape index (κ3) is 1.41. The number of imidazole rings is 1. The lowest BCUT2D eigenvalue weighted by Crippen LogP contribution is -1.91. The van der Waals surface area contributed by atoms with Crippen LogP contribution in [-0.2, 0) is 0 Å². The maximum atomic E-state index is 4.34. The Morgan fingerprint density at radius 2 is 2.15 bits per heavy atom. The normalized spacial score (nSPS) is 11.4. The van der Waals surface area contributed by atoms with Gasteiger partial charge in [0.15, 0.2) is 0 Å². The molecule has 3 heteroatoms. The molecule has 0 aliphatic carbocycles.